The zero-order chi connectivity index (χ0) is 21.9. The number of nitro benzene ring substituents is 1. The van der Waals surface area contributed by atoms with E-state index >= 15 is 0 Å². The maximum atomic E-state index is 13.7. The highest BCUT2D eigenvalue weighted by atomic mass is 19.3. The lowest BCUT2D eigenvalue weighted by molar-refractivity contribution is -0.385. The maximum absolute atomic E-state index is 13.7. The van der Waals surface area contributed by atoms with Crippen molar-refractivity contribution in [3.05, 3.63) is 63.7 Å². The van der Waals surface area contributed by atoms with Crippen LogP contribution in [0.2, 0.25) is 0 Å². The normalized spacial score (nSPS) is 17.4. The lowest BCUT2D eigenvalue weighted by Gasteiger charge is -2.20. The monoisotopic (exact) mass is 420 g/mol. The Labute approximate surface area is 170 Å². The summed E-state index contributed by atoms with van der Waals surface area (Å²) in [4.78, 5) is 35.4. The molecule has 2 aromatic rings. The SMILES string of the molecule is COc1cc(C(=O)N2CC(F)(F)C[C@H]2C=O)c([N+](=O)[O-])cc1OCc1ccccc1. The minimum Gasteiger partial charge on any atom is -0.493 e. The van der Waals surface area contributed by atoms with Crippen molar-refractivity contribution in [3.8, 4) is 11.5 Å². The van der Waals surface area contributed by atoms with Crippen LogP contribution in [0.25, 0.3) is 0 Å². The lowest BCUT2D eigenvalue weighted by atomic mass is 10.1. The van der Waals surface area contributed by atoms with Crippen LogP contribution in [-0.2, 0) is 11.4 Å². The number of carbonyl (C=O) groups is 2. The Kier molecular flexibility index (Phi) is 5.95. The molecule has 0 saturated carbocycles. The van der Waals surface area contributed by atoms with Crippen molar-refractivity contribution in [1.29, 1.82) is 0 Å². The fraction of sp³-hybridized carbons (Fsp3) is 0.300. The molecule has 3 rings (SSSR count). The van der Waals surface area contributed by atoms with E-state index < -0.39 is 47.0 Å². The second kappa shape index (κ2) is 8.44. The Morgan fingerprint density at radius 2 is 2.00 bits per heavy atom. The molecule has 10 heteroatoms. The molecule has 2 aromatic carbocycles. The second-order valence-electron chi connectivity index (χ2n) is 6.75. The highest BCUT2D eigenvalue weighted by Gasteiger charge is 2.48. The first kappa shape index (κ1) is 21.2. The van der Waals surface area contributed by atoms with Gasteiger partial charge in [0.05, 0.1) is 30.7 Å². The van der Waals surface area contributed by atoms with Crippen LogP contribution < -0.4 is 9.47 Å². The third-order valence-electron chi connectivity index (χ3n) is 4.67. The molecule has 1 aliphatic heterocycles. The van der Waals surface area contributed by atoms with Gasteiger partial charge in [0.2, 0.25) is 0 Å². The van der Waals surface area contributed by atoms with Gasteiger partial charge >= 0.3 is 0 Å². The number of benzene rings is 2. The van der Waals surface area contributed by atoms with Crippen molar-refractivity contribution < 1.29 is 32.8 Å². The van der Waals surface area contributed by atoms with E-state index in [0.717, 1.165) is 17.7 Å². The van der Waals surface area contributed by atoms with Crippen LogP contribution in [0.3, 0.4) is 0 Å². The van der Waals surface area contributed by atoms with Crippen LogP contribution in [0.15, 0.2) is 42.5 Å². The molecule has 1 aliphatic rings. The summed E-state index contributed by atoms with van der Waals surface area (Å²) in [7, 11) is 1.28. The topological polar surface area (TPSA) is 99.0 Å². The number of nitrogens with zero attached hydrogens (tertiary/aromatic N) is 2. The quantitative estimate of drug-likeness (QED) is 0.387. The predicted octanol–water partition coefficient (Wildman–Crippen LogP) is 3.23. The van der Waals surface area contributed by atoms with E-state index in [4.69, 9.17) is 9.47 Å². The molecule has 1 fully saturated rings. The van der Waals surface area contributed by atoms with Gasteiger partial charge in [-0.25, -0.2) is 8.78 Å². The highest BCUT2D eigenvalue weighted by molar-refractivity contribution is 6.00. The van der Waals surface area contributed by atoms with Crippen LogP contribution in [0, 0.1) is 10.1 Å². The van der Waals surface area contributed by atoms with Crippen molar-refractivity contribution in [1.82, 2.24) is 4.90 Å². The number of carbonyl (C=O) groups excluding carboxylic acids is 2. The van der Waals surface area contributed by atoms with E-state index in [0.29, 0.717) is 4.90 Å². The Balaban J connectivity index is 1.95. The van der Waals surface area contributed by atoms with E-state index in [1.807, 2.05) is 6.07 Å². The highest BCUT2D eigenvalue weighted by Crippen LogP contribution is 2.38. The van der Waals surface area contributed by atoms with Crippen molar-refractivity contribution in [3.63, 3.8) is 0 Å². The maximum Gasteiger partial charge on any atom is 0.286 e. The number of alkyl halides is 2. The van der Waals surface area contributed by atoms with E-state index in [-0.39, 0.29) is 24.4 Å². The zero-order valence-electron chi connectivity index (χ0n) is 15.9. The Morgan fingerprint density at radius 1 is 1.30 bits per heavy atom. The fourth-order valence-corrected chi connectivity index (χ4v) is 3.23. The molecule has 0 unspecified atom stereocenters. The van der Waals surface area contributed by atoms with Crippen molar-refractivity contribution in [2.24, 2.45) is 0 Å². The second-order valence-corrected chi connectivity index (χ2v) is 6.75. The number of ether oxygens (including phenoxy) is 2. The van der Waals surface area contributed by atoms with Crippen LogP contribution in [-0.4, -0.2) is 47.6 Å². The Hall–Kier alpha value is -3.56. The Morgan fingerprint density at radius 3 is 2.60 bits per heavy atom. The molecular weight excluding hydrogens is 402 g/mol. The van der Waals surface area contributed by atoms with Crippen molar-refractivity contribution in [2.45, 2.75) is 25.0 Å². The summed E-state index contributed by atoms with van der Waals surface area (Å²) in [5.41, 5.74) is -0.298. The fourth-order valence-electron chi connectivity index (χ4n) is 3.23. The van der Waals surface area contributed by atoms with Gasteiger partial charge in [-0.3, -0.25) is 14.9 Å². The molecule has 0 radical (unpaired) electrons. The zero-order valence-corrected chi connectivity index (χ0v) is 15.9. The number of halogens is 2. The number of rotatable bonds is 7. The number of nitro groups is 1. The summed E-state index contributed by atoms with van der Waals surface area (Å²) < 4.78 is 38.2. The van der Waals surface area contributed by atoms with Crippen LogP contribution in [0.4, 0.5) is 14.5 Å². The predicted molar refractivity (Wildman–Crippen MR) is 101 cm³/mol. The third-order valence-corrected chi connectivity index (χ3v) is 4.67. The van der Waals surface area contributed by atoms with Crippen molar-refractivity contribution >= 4 is 17.9 Å². The number of methoxy groups -OCH3 is 1. The average Bonchev–Trinajstić information content (AvgIpc) is 3.06. The van der Waals surface area contributed by atoms with E-state index in [1.165, 1.54) is 7.11 Å². The summed E-state index contributed by atoms with van der Waals surface area (Å²) in [5, 5.41) is 11.6. The van der Waals surface area contributed by atoms with Crippen LogP contribution >= 0.6 is 0 Å². The average molecular weight is 420 g/mol. The number of likely N-dealkylation sites (tertiary alicyclic amines) is 1. The van der Waals surface area contributed by atoms with Crippen molar-refractivity contribution in [2.75, 3.05) is 13.7 Å². The molecule has 1 heterocycles. The minimum atomic E-state index is -3.25. The number of amides is 1. The molecule has 0 aliphatic carbocycles. The summed E-state index contributed by atoms with van der Waals surface area (Å²) in [6, 6.07) is 9.73. The molecule has 30 heavy (non-hydrogen) atoms. The largest absolute Gasteiger partial charge is 0.493 e. The van der Waals surface area contributed by atoms with E-state index in [9.17, 15) is 28.5 Å². The van der Waals surface area contributed by atoms with Gasteiger partial charge in [-0.2, -0.15) is 0 Å². The Bertz CT molecular complexity index is 967. The molecule has 0 bridgehead atoms. The first-order chi connectivity index (χ1) is 14.3. The molecule has 0 spiro atoms. The van der Waals surface area contributed by atoms with E-state index in [2.05, 4.69) is 0 Å². The number of hydrogen-bond acceptors (Lipinski definition) is 6. The molecule has 1 amide bonds. The molecule has 0 N–H and O–H groups in total. The van der Waals surface area contributed by atoms with Crippen LogP contribution in [0.1, 0.15) is 22.3 Å². The smallest absolute Gasteiger partial charge is 0.286 e. The van der Waals surface area contributed by atoms with Gasteiger partial charge in [0.25, 0.3) is 17.5 Å². The third kappa shape index (κ3) is 4.37. The lowest BCUT2D eigenvalue weighted by Crippen LogP contribution is -2.37. The minimum absolute atomic E-state index is 0.0169. The summed E-state index contributed by atoms with van der Waals surface area (Å²) in [6.07, 6.45) is -0.593. The molecule has 1 saturated heterocycles. The molecule has 8 nitrogen and oxygen atoms in total. The molecular formula is C20H18F2N2O6. The first-order valence-electron chi connectivity index (χ1n) is 8.93. The van der Waals surface area contributed by atoms with E-state index in [1.54, 1.807) is 24.3 Å². The van der Waals surface area contributed by atoms with Gasteiger partial charge in [0.1, 0.15) is 18.5 Å². The van der Waals surface area contributed by atoms with Gasteiger partial charge in [0.15, 0.2) is 11.5 Å². The summed E-state index contributed by atoms with van der Waals surface area (Å²) >= 11 is 0. The number of hydrogen-bond donors (Lipinski definition) is 0. The first-order valence-corrected chi connectivity index (χ1v) is 8.93. The van der Waals surface area contributed by atoms with Crippen LogP contribution in [0.5, 0.6) is 11.5 Å². The van der Waals surface area contributed by atoms with Gasteiger partial charge in [-0.15, -0.1) is 0 Å². The van der Waals surface area contributed by atoms with Gasteiger partial charge in [-0.05, 0) is 5.56 Å². The van der Waals surface area contributed by atoms with Gasteiger partial charge < -0.3 is 19.2 Å². The summed E-state index contributed by atoms with van der Waals surface area (Å²) in [5.74, 6) is -4.26. The number of aldehydes is 1. The standard InChI is InChI=1S/C20H18F2N2O6/c1-29-17-7-15(19(26)23-12-20(21,22)9-14(23)10-25)16(24(27)28)8-18(17)30-11-13-5-3-2-4-6-13/h2-8,10,14H,9,11-12H2,1H3/t14-/m0/s1. The van der Waals surface area contributed by atoms with Gasteiger partial charge in [-0.1, -0.05) is 30.3 Å². The molecule has 158 valence electrons. The molecule has 1 atom stereocenters. The van der Waals surface area contributed by atoms with Gasteiger partial charge in [0, 0.05) is 12.5 Å². The summed E-state index contributed by atoms with van der Waals surface area (Å²) in [6.45, 7) is -0.909. The molecule has 0 aromatic heterocycles.